The molecule has 0 aromatic heterocycles. The van der Waals surface area contributed by atoms with Crippen molar-refractivity contribution in [3.05, 3.63) is 69.7 Å². The van der Waals surface area contributed by atoms with Gasteiger partial charge in [-0.15, -0.1) is 11.8 Å². The first kappa shape index (κ1) is 24.6. The predicted molar refractivity (Wildman–Crippen MR) is 127 cm³/mol. The van der Waals surface area contributed by atoms with Crippen LogP contribution in [0.1, 0.15) is 38.3 Å². The van der Waals surface area contributed by atoms with Gasteiger partial charge in [-0.2, -0.15) is 0 Å². The third-order valence-electron chi connectivity index (χ3n) is 4.85. The second-order valence-electron chi connectivity index (χ2n) is 7.23. The van der Waals surface area contributed by atoms with E-state index in [0.717, 1.165) is 17.5 Å². The van der Waals surface area contributed by atoms with Crippen LogP contribution in [-0.4, -0.2) is 34.6 Å². The Morgan fingerprint density at radius 1 is 1.10 bits per heavy atom. The van der Waals surface area contributed by atoms with Gasteiger partial charge in [-0.1, -0.05) is 60.5 Å². The normalized spacial score (nSPS) is 12.8. The Labute approximate surface area is 193 Å². The Balaban J connectivity index is 2.09. The molecule has 4 nitrogen and oxygen atoms in total. The van der Waals surface area contributed by atoms with Crippen LogP contribution in [0.5, 0.6) is 0 Å². The fourth-order valence-electron chi connectivity index (χ4n) is 2.83. The van der Waals surface area contributed by atoms with Gasteiger partial charge in [0.15, 0.2) is 0 Å². The fraction of sp³-hybridized carbons (Fsp3) is 0.391. The molecule has 2 aromatic rings. The van der Waals surface area contributed by atoms with E-state index < -0.39 is 6.04 Å². The van der Waals surface area contributed by atoms with Crippen molar-refractivity contribution in [2.45, 2.75) is 51.6 Å². The van der Waals surface area contributed by atoms with Crippen molar-refractivity contribution in [1.82, 2.24) is 10.2 Å². The largest absolute Gasteiger partial charge is 0.352 e. The average Bonchev–Trinajstić information content (AvgIpc) is 2.72. The Kier molecular flexibility index (Phi) is 10.0. The van der Waals surface area contributed by atoms with E-state index in [1.54, 1.807) is 17.9 Å². The van der Waals surface area contributed by atoms with Gasteiger partial charge in [0, 0.05) is 28.4 Å². The minimum atomic E-state index is -0.591. The maximum absolute atomic E-state index is 13.1. The summed E-state index contributed by atoms with van der Waals surface area (Å²) in [5.74, 6) is 0.631. The zero-order valence-electron chi connectivity index (χ0n) is 17.5. The van der Waals surface area contributed by atoms with E-state index in [4.69, 9.17) is 23.2 Å². The molecule has 162 valence electrons. The number of rotatable bonds is 10. The second kappa shape index (κ2) is 12.2. The number of amides is 2. The van der Waals surface area contributed by atoms with Crippen molar-refractivity contribution in [1.29, 1.82) is 0 Å². The molecule has 0 aliphatic rings. The van der Waals surface area contributed by atoms with E-state index in [1.165, 1.54) is 11.8 Å². The number of carbonyl (C=O) groups excluding carboxylic acids is 2. The molecule has 1 N–H and O–H groups in total. The number of benzene rings is 2. The van der Waals surface area contributed by atoms with Crippen molar-refractivity contribution in [3.8, 4) is 0 Å². The van der Waals surface area contributed by atoms with E-state index in [2.05, 4.69) is 5.32 Å². The van der Waals surface area contributed by atoms with E-state index in [-0.39, 0.29) is 23.6 Å². The molecule has 2 amide bonds. The molecule has 0 bridgehead atoms. The lowest BCUT2D eigenvalue weighted by atomic mass is 10.1. The number of hydrogen-bond donors (Lipinski definition) is 1. The number of hydrogen-bond acceptors (Lipinski definition) is 3. The summed E-state index contributed by atoms with van der Waals surface area (Å²) in [7, 11) is 0. The molecule has 2 unspecified atom stereocenters. The lowest BCUT2D eigenvalue weighted by Gasteiger charge is -2.29. The summed E-state index contributed by atoms with van der Waals surface area (Å²) < 4.78 is 0. The van der Waals surface area contributed by atoms with Crippen LogP contribution in [0, 0.1) is 0 Å². The Hall–Kier alpha value is -1.69. The Morgan fingerprint density at radius 3 is 2.50 bits per heavy atom. The SMILES string of the molecule is CCC(C)NC(=O)C(C)N(Cc1cccc(Cl)c1)C(=O)CSCc1ccccc1Cl. The smallest absolute Gasteiger partial charge is 0.242 e. The molecule has 2 atom stereocenters. The van der Waals surface area contributed by atoms with Gasteiger partial charge < -0.3 is 10.2 Å². The Bertz CT molecular complexity index is 863. The van der Waals surface area contributed by atoms with Gasteiger partial charge >= 0.3 is 0 Å². The highest BCUT2D eigenvalue weighted by atomic mass is 35.5. The topological polar surface area (TPSA) is 49.4 Å². The zero-order valence-corrected chi connectivity index (χ0v) is 19.9. The molecule has 30 heavy (non-hydrogen) atoms. The molecule has 0 aliphatic heterocycles. The fourth-order valence-corrected chi connectivity index (χ4v) is 4.24. The van der Waals surface area contributed by atoms with Crippen LogP contribution in [0.3, 0.4) is 0 Å². The summed E-state index contributed by atoms with van der Waals surface area (Å²) in [5, 5.41) is 4.26. The van der Waals surface area contributed by atoms with Crippen LogP contribution in [0.25, 0.3) is 0 Å². The minimum absolute atomic E-state index is 0.0534. The van der Waals surface area contributed by atoms with Gasteiger partial charge in [-0.3, -0.25) is 9.59 Å². The van der Waals surface area contributed by atoms with E-state index in [1.807, 2.05) is 56.3 Å². The maximum atomic E-state index is 13.1. The molecule has 0 aliphatic carbocycles. The number of carbonyl (C=O) groups is 2. The van der Waals surface area contributed by atoms with Crippen molar-refractivity contribution in [3.63, 3.8) is 0 Å². The number of thioether (sulfide) groups is 1. The molecule has 2 rings (SSSR count). The third kappa shape index (κ3) is 7.53. The van der Waals surface area contributed by atoms with Gasteiger partial charge in [-0.05, 0) is 49.6 Å². The first-order chi connectivity index (χ1) is 14.3. The molecule has 0 radical (unpaired) electrons. The third-order valence-corrected chi connectivity index (χ3v) is 6.42. The summed E-state index contributed by atoms with van der Waals surface area (Å²) in [4.78, 5) is 27.4. The minimum Gasteiger partial charge on any atom is -0.352 e. The molecule has 0 spiro atoms. The molecule has 0 fully saturated rings. The highest BCUT2D eigenvalue weighted by molar-refractivity contribution is 7.99. The molecule has 7 heteroatoms. The first-order valence-corrected chi connectivity index (χ1v) is 11.9. The molecule has 2 aromatic carbocycles. The van der Waals surface area contributed by atoms with Crippen LogP contribution < -0.4 is 5.32 Å². The van der Waals surface area contributed by atoms with Gasteiger partial charge in [-0.25, -0.2) is 0 Å². The molecule has 0 saturated carbocycles. The quantitative estimate of drug-likeness (QED) is 0.498. The van der Waals surface area contributed by atoms with Gasteiger partial charge in [0.2, 0.25) is 11.8 Å². The van der Waals surface area contributed by atoms with Gasteiger partial charge in [0.1, 0.15) is 6.04 Å². The molecule has 0 saturated heterocycles. The Morgan fingerprint density at radius 2 is 1.83 bits per heavy atom. The van der Waals surface area contributed by atoms with E-state index in [9.17, 15) is 9.59 Å². The van der Waals surface area contributed by atoms with Gasteiger partial charge in [0.25, 0.3) is 0 Å². The van der Waals surface area contributed by atoms with Crippen LogP contribution in [0.15, 0.2) is 48.5 Å². The molecular formula is C23H28Cl2N2O2S. The lowest BCUT2D eigenvalue weighted by Crippen LogP contribution is -2.50. The van der Waals surface area contributed by atoms with Gasteiger partial charge in [0.05, 0.1) is 5.75 Å². The van der Waals surface area contributed by atoms with Crippen molar-refractivity contribution >= 4 is 46.8 Å². The van der Waals surface area contributed by atoms with Crippen molar-refractivity contribution in [2.24, 2.45) is 0 Å². The van der Waals surface area contributed by atoms with E-state index in [0.29, 0.717) is 22.3 Å². The van der Waals surface area contributed by atoms with Crippen LogP contribution in [0.4, 0.5) is 0 Å². The lowest BCUT2D eigenvalue weighted by molar-refractivity contribution is -0.138. The van der Waals surface area contributed by atoms with Crippen molar-refractivity contribution < 1.29 is 9.59 Å². The molecule has 0 heterocycles. The maximum Gasteiger partial charge on any atom is 0.242 e. The monoisotopic (exact) mass is 466 g/mol. The summed E-state index contributed by atoms with van der Waals surface area (Å²) in [5.41, 5.74) is 1.87. The second-order valence-corrected chi connectivity index (χ2v) is 9.06. The van der Waals surface area contributed by atoms with Crippen molar-refractivity contribution in [2.75, 3.05) is 5.75 Å². The highest BCUT2D eigenvalue weighted by Crippen LogP contribution is 2.22. The summed E-state index contributed by atoms with van der Waals surface area (Å²) >= 11 is 13.8. The molecular weight excluding hydrogens is 439 g/mol. The summed E-state index contributed by atoms with van der Waals surface area (Å²) in [6.07, 6.45) is 0.828. The average molecular weight is 467 g/mol. The number of nitrogens with one attached hydrogen (secondary N) is 1. The summed E-state index contributed by atoms with van der Waals surface area (Å²) in [6, 6.07) is 14.4. The van der Waals surface area contributed by atoms with Crippen LogP contribution in [0.2, 0.25) is 10.0 Å². The summed E-state index contributed by atoms with van der Waals surface area (Å²) in [6.45, 7) is 6.04. The highest BCUT2D eigenvalue weighted by Gasteiger charge is 2.26. The number of nitrogens with zero attached hydrogens (tertiary/aromatic N) is 1. The van der Waals surface area contributed by atoms with Crippen LogP contribution in [-0.2, 0) is 21.9 Å². The zero-order chi connectivity index (χ0) is 22.1. The first-order valence-electron chi connectivity index (χ1n) is 9.97. The standard InChI is InChI=1S/C23H28Cl2N2O2S/c1-4-16(2)26-23(29)17(3)27(13-18-8-7-10-20(24)12-18)22(28)15-30-14-19-9-5-6-11-21(19)25/h5-12,16-17H,4,13-15H2,1-3H3,(H,26,29). The number of halogens is 2. The predicted octanol–water partition coefficient (Wildman–Crippen LogP) is 5.56. The van der Waals surface area contributed by atoms with Crippen LogP contribution >= 0.6 is 35.0 Å². The van der Waals surface area contributed by atoms with E-state index >= 15 is 0 Å².